The maximum atomic E-state index is 12.6. The van der Waals surface area contributed by atoms with Gasteiger partial charge < -0.3 is 9.73 Å². The molecule has 1 aromatic heterocycles. The Balaban J connectivity index is 1.72. The number of amides is 1. The van der Waals surface area contributed by atoms with E-state index in [1.165, 1.54) is 0 Å². The summed E-state index contributed by atoms with van der Waals surface area (Å²) in [4.78, 5) is 17.1. The largest absolute Gasteiger partial charge is 0.436 e. The predicted molar refractivity (Wildman–Crippen MR) is 107 cm³/mol. The van der Waals surface area contributed by atoms with Crippen molar-refractivity contribution in [1.82, 2.24) is 4.98 Å². The number of anilines is 1. The van der Waals surface area contributed by atoms with Gasteiger partial charge in [0, 0.05) is 3.57 Å². The summed E-state index contributed by atoms with van der Waals surface area (Å²) in [6.07, 6.45) is 0. The minimum absolute atomic E-state index is 0.159. The lowest BCUT2D eigenvalue weighted by molar-refractivity contribution is 0.102. The Kier molecular flexibility index (Phi) is 4.23. The van der Waals surface area contributed by atoms with Crippen molar-refractivity contribution in [2.45, 2.75) is 0 Å². The molecule has 4 aromatic rings. The Hall–Kier alpha value is -2.67. The number of aromatic nitrogens is 1. The summed E-state index contributed by atoms with van der Waals surface area (Å²) in [6, 6.07) is 22.6. The van der Waals surface area contributed by atoms with Crippen LogP contribution >= 0.6 is 22.6 Å². The van der Waals surface area contributed by atoms with Crippen molar-refractivity contribution in [2.24, 2.45) is 0 Å². The second-order valence-corrected chi connectivity index (χ2v) is 6.63. The van der Waals surface area contributed by atoms with Crippen molar-refractivity contribution in [3.8, 4) is 11.5 Å². The highest BCUT2D eigenvalue weighted by Gasteiger charge is 2.15. The molecule has 1 N–H and O–H groups in total. The Bertz CT molecular complexity index is 1040. The van der Waals surface area contributed by atoms with Crippen molar-refractivity contribution >= 4 is 45.3 Å². The molecular formula is C20H13IN2O2. The smallest absolute Gasteiger partial charge is 0.256 e. The summed E-state index contributed by atoms with van der Waals surface area (Å²) in [7, 11) is 0. The molecule has 4 nitrogen and oxygen atoms in total. The van der Waals surface area contributed by atoms with Crippen LogP contribution in [0.3, 0.4) is 0 Å². The fourth-order valence-electron chi connectivity index (χ4n) is 2.60. The number of rotatable bonds is 3. The molecule has 0 aliphatic carbocycles. The molecule has 25 heavy (non-hydrogen) atoms. The van der Waals surface area contributed by atoms with Gasteiger partial charge in [-0.15, -0.1) is 0 Å². The third kappa shape index (κ3) is 3.15. The van der Waals surface area contributed by atoms with Gasteiger partial charge in [0.25, 0.3) is 5.91 Å². The molecule has 0 aliphatic heterocycles. The second-order valence-electron chi connectivity index (χ2n) is 5.47. The van der Waals surface area contributed by atoms with Gasteiger partial charge in [0.2, 0.25) is 5.89 Å². The summed E-state index contributed by atoms with van der Waals surface area (Å²) in [5.41, 5.74) is 3.56. The monoisotopic (exact) mass is 440 g/mol. The summed E-state index contributed by atoms with van der Waals surface area (Å²) < 4.78 is 6.74. The van der Waals surface area contributed by atoms with Crippen LogP contribution in [0.15, 0.2) is 77.2 Å². The van der Waals surface area contributed by atoms with Gasteiger partial charge in [-0.3, -0.25) is 4.79 Å². The fraction of sp³-hybridized carbons (Fsp3) is 0. The molecule has 0 unspecified atom stereocenters. The van der Waals surface area contributed by atoms with E-state index >= 15 is 0 Å². The first-order valence-electron chi connectivity index (χ1n) is 7.73. The predicted octanol–water partition coefficient (Wildman–Crippen LogP) is 5.35. The maximum Gasteiger partial charge on any atom is 0.256 e. The Morgan fingerprint density at radius 2 is 1.64 bits per heavy atom. The van der Waals surface area contributed by atoms with Crippen molar-refractivity contribution < 1.29 is 9.21 Å². The van der Waals surface area contributed by atoms with Crippen LogP contribution in [0, 0.1) is 3.57 Å². The average Bonchev–Trinajstić information content (AvgIpc) is 3.06. The summed E-state index contributed by atoms with van der Waals surface area (Å²) in [5.74, 6) is 0.327. The highest BCUT2D eigenvalue weighted by atomic mass is 127. The van der Waals surface area contributed by atoms with Gasteiger partial charge in [-0.2, -0.15) is 0 Å². The van der Waals surface area contributed by atoms with Crippen LogP contribution < -0.4 is 5.32 Å². The van der Waals surface area contributed by atoms with E-state index in [2.05, 4.69) is 32.9 Å². The summed E-state index contributed by atoms with van der Waals surface area (Å²) >= 11 is 2.16. The van der Waals surface area contributed by atoms with E-state index < -0.39 is 0 Å². The molecule has 5 heteroatoms. The fourth-order valence-corrected chi connectivity index (χ4v) is 3.23. The van der Waals surface area contributed by atoms with E-state index in [0.717, 1.165) is 20.2 Å². The van der Waals surface area contributed by atoms with Gasteiger partial charge in [0.1, 0.15) is 5.52 Å². The Morgan fingerprint density at radius 1 is 0.920 bits per heavy atom. The standard InChI is InChI=1S/C20H13IN2O2/c21-15-9-3-1-7-13(15)19(24)22-16-10-4-2-8-14(16)20-23-17-11-5-6-12-18(17)25-20/h1-12H,(H,22,24). The number of carbonyl (C=O) groups excluding carboxylic acids is 1. The van der Waals surface area contributed by atoms with Gasteiger partial charge in [0.05, 0.1) is 16.8 Å². The van der Waals surface area contributed by atoms with Gasteiger partial charge >= 0.3 is 0 Å². The molecule has 0 fully saturated rings. The molecule has 0 saturated carbocycles. The second kappa shape index (κ2) is 6.68. The number of halogens is 1. The first-order valence-corrected chi connectivity index (χ1v) is 8.81. The maximum absolute atomic E-state index is 12.6. The van der Waals surface area contributed by atoms with Gasteiger partial charge in [-0.25, -0.2) is 4.98 Å². The number of nitrogens with zero attached hydrogens (tertiary/aromatic N) is 1. The first kappa shape index (κ1) is 15.8. The number of hydrogen-bond acceptors (Lipinski definition) is 3. The Labute approximate surface area is 158 Å². The van der Waals surface area contributed by atoms with Crippen molar-refractivity contribution in [3.05, 3.63) is 81.9 Å². The van der Waals surface area contributed by atoms with Crippen LogP contribution in [0.4, 0.5) is 5.69 Å². The zero-order chi connectivity index (χ0) is 17.2. The van der Waals surface area contributed by atoms with Crippen LogP contribution in [-0.4, -0.2) is 10.9 Å². The van der Waals surface area contributed by atoms with Crippen molar-refractivity contribution in [1.29, 1.82) is 0 Å². The molecule has 0 bridgehead atoms. The molecule has 122 valence electrons. The zero-order valence-corrected chi connectivity index (χ0v) is 15.2. The number of nitrogens with one attached hydrogen (secondary N) is 1. The molecule has 0 atom stereocenters. The number of hydrogen-bond donors (Lipinski definition) is 1. The lowest BCUT2D eigenvalue weighted by Crippen LogP contribution is -2.14. The number of carbonyl (C=O) groups is 1. The lowest BCUT2D eigenvalue weighted by Gasteiger charge is -2.09. The normalized spacial score (nSPS) is 10.8. The number of oxazole rings is 1. The minimum atomic E-state index is -0.159. The van der Waals surface area contributed by atoms with E-state index in [4.69, 9.17) is 4.42 Å². The third-order valence-electron chi connectivity index (χ3n) is 3.82. The minimum Gasteiger partial charge on any atom is -0.436 e. The van der Waals surface area contributed by atoms with E-state index in [1.807, 2.05) is 66.7 Å². The molecule has 4 rings (SSSR count). The van der Waals surface area contributed by atoms with Gasteiger partial charge in [-0.1, -0.05) is 36.4 Å². The third-order valence-corrected chi connectivity index (χ3v) is 4.76. The molecule has 3 aromatic carbocycles. The molecule has 1 amide bonds. The quantitative estimate of drug-likeness (QED) is 0.437. The van der Waals surface area contributed by atoms with Crippen LogP contribution in [-0.2, 0) is 0 Å². The van der Waals surface area contributed by atoms with E-state index in [-0.39, 0.29) is 5.91 Å². The number of benzene rings is 3. The molecular weight excluding hydrogens is 427 g/mol. The van der Waals surface area contributed by atoms with E-state index in [9.17, 15) is 4.79 Å². The summed E-state index contributed by atoms with van der Waals surface area (Å²) in [6.45, 7) is 0. The molecule has 0 saturated heterocycles. The SMILES string of the molecule is O=C(Nc1ccccc1-c1nc2ccccc2o1)c1ccccc1I. The van der Waals surface area contributed by atoms with Crippen LogP contribution in [0.2, 0.25) is 0 Å². The highest BCUT2D eigenvalue weighted by Crippen LogP contribution is 2.30. The first-order chi connectivity index (χ1) is 12.2. The van der Waals surface area contributed by atoms with Crippen LogP contribution in [0.25, 0.3) is 22.6 Å². The van der Waals surface area contributed by atoms with Crippen molar-refractivity contribution in [2.75, 3.05) is 5.32 Å². The zero-order valence-electron chi connectivity index (χ0n) is 13.1. The van der Waals surface area contributed by atoms with Gasteiger partial charge in [0.15, 0.2) is 5.58 Å². The van der Waals surface area contributed by atoms with E-state index in [1.54, 1.807) is 6.07 Å². The molecule has 0 spiro atoms. The Morgan fingerprint density at radius 3 is 2.48 bits per heavy atom. The van der Waals surface area contributed by atoms with Gasteiger partial charge in [-0.05, 0) is 59.0 Å². The lowest BCUT2D eigenvalue weighted by atomic mass is 10.1. The van der Waals surface area contributed by atoms with Crippen LogP contribution in [0.5, 0.6) is 0 Å². The number of para-hydroxylation sites is 3. The molecule has 0 radical (unpaired) electrons. The average molecular weight is 440 g/mol. The molecule has 1 heterocycles. The molecule has 0 aliphatic rings. The highest BCUT2D eigenvalue weighted by molar-refractivity contribution is 14.1. The van der Waals surface area contributed by atoms with E-state index in [0.29, 0.717) is 17.1 Å². The van der Waals surface area contributed by atoms with Crippen LogP contribution in [0.1, 0.15) is 10.4 Å². The number of fused-ring (bicyclic) bond motifs is 1. The summed E-state index contributed by atoms with van der Waals surface area (Å²) in [5, 5.41) is 2.97. The topological polar surface area (TPSA) is 55.1 Å². The van der Waals surface area contributed by atoms with Crippen molar-refractivity contribution in [3.63, 3.8) is 0 Å².